The Morgan fingerprint density at radius 2 is 1.34 bits per heavy atom. The van der Waals surface area contributed by atoms with E-state index in [-0.39, 0.29) is 17.0 Å². The molecule has 160 valence electrons. The molecule has 0 aromatic heterocycles. The number of nitrogens with zero attached hydrogens (tertiary/aromatic N) is 1. The number of rotatable bonds is 3. The van der Waals surface area contributed by atoms with Crippen LogP contribution in [0, 0.1) is 17.0 Å². The fourth-order valence-corrected chi connectivity index (χ4v) is 4.79. The average molecular weight is 427 g/mol. The highest BCUT2D eigenvalue weighted by molar-refractivity contribution is 6.24. The molecule has 5 rings (SSSR count). The fourth-order valence-electron chi connectivity index (χ4n) is 4.79. The molecule has 32 heavy (non-hydrogen) atoms. The Labute approximate surface area is 186 Å². The van der Waals surface area contributed by atoms with Crippen molar-refractivity contribution in [2.75, 3.05) is 5.32 Å². The Bertz CT molecular complexity index is 1330. The van der Waals surface area contributed by atoms with Gasteiger partial charge in [-0.3, -0.25) is 0 Å². The smallest absolute Gasteiger partial charge is 0.123 e. The summed E-state index contributed by atoms with van der Waals surface area (Å²) in [6.45, 7) is 6.53. The Morgan fingerprint density at radius 1 is 0.750 bits per heavy atom. The van der Waals surface area contributed by atoms with Crippen LogP contribution in [-0.2, 0) is 5.54 Å². The lowest BCUT2D eigenvalue weighted by atomic mass is 9.68. The number of aliphatic imine (C=N–C) groups is 1. The Kier molecular flexibility index (Phi) is 4.63. The van der Waals surface area contributed by atoms with Crippen LogP contribution in [0.4, 0.5) is 20.2 Å². The van der Waals surface area contributed by atoms with Crippen molar-refractivity contribution in [2.45, 2.75) is 26.3 Å². The first kappa shape index (κ1) is 20.4. The molecule has 1 aliphatic rings. The second-order valence-electron chi connectivity index (χ2n) is 9.28. The van der Waals surface area contributed by atoms with Crippen molar-refractivity contribution in [3.63, 3.8) is 0 Å². The highest BCUT2D eigenvalue weighted by atomic mass is 19.1. The zero-order chi connectivity index (χ0) is 22.5. The highest BCUT2D eigenvalue weighted by Gasteiger charge is 2.53. The minimum Gasteiger partial charge on any atom is -0.370 e. The average Bonchev–Trinajstić information content (AvgIpc) is 3.03. The van der Waals surface area contributed by atoms with Crippen molar-refractivity contribution >= 4 is 27.9 Å². The minimum atomic E-state index is -0.692. The maximum absolute atomic E-state index is 13.6. The lowest BCUT2D eigenvalue weighted by molar-refractivity contribution is 0.294. The zero-order valence-electron chi connectivity index (χ0n) is 18.3. The number of hydrogen-bond acceptors (Lipinski definition) is 2. The first-order chi connectivity index (χ1) is 15.3. The highest BCUT2D eigenvalue weighted by Crippen LogP contribution is 2.53. The van der Waals surface area contributed by atoms with Gasteiger partial charge in [-0.05, 0) is 70.3 Å². The molecule has 0 heterocycles. The van der Waals surface area contributed by atoms with E-state index in [1.54, 1.807) is 24.3 Å². The van der Waals surface area contributed by atoms with Crippen LogP contribution in [0.25, 0.3) is 10.8 Å². The Morgan fingerprint density at radius 3 is 1.97 bits per heavy atom. The number of hydrogen-bond donors (Lipinski definition) is 1. The normalized spacial score (nSPS) is 19.0. The van der Waals surface area contributed by atoms with Gasteiger partial charge in [0, 0.05) is 11.3 Å². The summed E-state index contributed by atoms with van der Waals surface area (Å²) in [4.78, 5) is 5.09. The second kappa shape index (κ2) is 7.27. The number of halogens is 2. The molecular weight excluding hydrogens is 402 g/mol. The van der Waals surface area contributed by atoms with E-state index in [0.717, 1.165) is 33.3 Å². The van der Waals surface area contributed by atoms with Crippen LogP contribution in [0.2, 0.25) is 0 Å². The van der Waals surface area contributed by atoms with Crippen LogP contribution < -0.4 is 5.32 Å². The Balaban J connectivity index is 1.83. The van der Waals surface area contributed by atoms with Crippen molar-refractivity contribution in [1.29, 1.82) is 0 Å². The molecule has 1 aliphatic carbocycles. The maximum atomic E-state index is 13.6. The number of nitrogens with one attached hydrogen (secondary N) is 1. The molecule has 0 aliphatic heterocycles. The van der Waals surface area contributed by atoms with Crippen LogP contribution in [0.1, 0.15) is 31.9 Å². The first-order valence-corrected chi connectivity index (χ1v) is 10.7. The lowest BCUT2D eigenvalue weighted by Gasteiger charge is -2.45. The summed E-state index contributed by atoms with van der Waals surface area (Å²) in [5, 5.41) is 6.03. The van der Waals surface area contributed by atoms with E-state index in [1.165, 1.54) is 24.3 Å². The predicted octanol–water partition coefficient (Wildman–Crippen LogP) is 7.61. The van der Waals surface area contributed by atoms with Crippen molar-refractivity contribution < 1.29 is 8.78 Å². The van der Waals surface area contributed by atoms with Crippen LogP contribution >= 0.6 is 0 Å². The second-order valence-corrected chi connectivity index (χ2v) is 9.28. The zero-order valence-corrected chi connectivity index (χ0v) is 18.3. The van der Waals surface area contributed by atoms with Gasteiger partial charge >= 0.3 is 0 Å². The number of anilines is 1. The van der Waals surface area contributed by atoms with E-state index in [1.807, 2.05) is 6.07 Å². The third-order valence-electron chi connectivity index (χ3n) is 6.29. The van der Waals surface area contributed by atoms with E-state index < -0.39 is 5.54 Å². The van der Waals surface area contributed by atoms with Crippen molar-refractivity contribution in [3.8, 4) is 0 Å². The summed E-state index contributed by atoms with van der Waals surface area (Å²) in [5.41, 5.74) is 3.53. The fraction of sp³-hybridized carbons (Fsp3) is 0.179. The molecule has 0 saturated carbocycles. The molecule has 1 N–H and O–H groups in total. The summed E-state index contributed by atoms with van der Waals surface area (Å²) in [6.07, 6.45) is 0. The third kappa shape index (κ3) is 3.10. The van der Waals surface area contributed by atoms with Crippen LogP contribution in [0.5, 0.6) is 0 Å². The summed E-state index contributed by atoms with van der Waals surface area (Å²) in [6, 6.07) is 25.2. The van der Waals surface area contributed by atoms with Crippen LogP contribution in [0.3, 0.4) is 0 Å². The molecule has 0 saturated heterocycles. The molecule has 1 atom stereocenters. The van der Waals surface area contributed by atoms with Crippen molar-refractivity contribution in [2.24, 2.45) is 10.4 Å². The van der Waals surface area contributed by atoms with Gasteiger partial charge in [0.15, 0.2) is 0 Å². The summed E-state index contributed by atoms with van der Waals surface area (Å²) in [7, 11) is 0. The standard InChI is InChI=1S/C28H24F2N2/c1-27(2,3)28(32-22-16-12-20(30)13-17-22)24-9-5-7-18-6-4-8-23(25(18)24)26(28)31-21-14-10-19(29)11-15-21/h4-17,32H,1-3H3/t28-/m0/s1. The van der Waals surface area contributed by atoms with Gasteiger partial charge in [0.2, 0.25) is 0 Å². The molecule has 4 heteroatoms. The van der Waals surface area contributed by atoms with E-state index in [4.69, 9.17) is 4.99 Å². The molecule has 4 aromatic rings. The lowest BCUT2D eigenvalue weighted by Crippen LogP contribution is -2.51. The molecule has 2 nitrogen and oxygen atoms in total. The molecular formula is C28H24F2N2. The molecule has 0 bridgehead atoms. The first-order valence-electron chi connectivity index (χ1n) is 10.7. The monoisotopic (exact) mass is 426 g/mol. The van der Waals surface area contributed by atoms with Gasteiger partial charge in [-0.2, -0.15) is 0 Å². The maximum Gasteiger partial charge on any atom is 0.123 e. The van der Waals surface area contributed by atoms with E-state index in [0.29, 0.717) is 5.69 Å². The summed E-state index contributed by atoms with van der Waals surface area (Å²) >= 11 is 0. The third-order valence-corrected chi connectivity index (χ3v) is 6.29. The van der Waals surface area contributed by atoms with Gasteiger partial charge in [0.25, 0.3) is 0 Å². The van der Waals surface area contributed by atoms with E-state index >= 15 is 0 Å². The molecule has 0 spiro atoms. The summed E-state index contributed by atoms with van der Waals surface area (Å²) in [5.74, 6) is -0.574. The SMILES string of the molecule is CC(C)(C)[C@@]1(Nc2ccc(F)cc2)C(=Nc2ccc(F)cc2)c2cccc3cccc1c23. The molecule has 0 amide bonds. The van der Waals surface area contributed by atoms with Gasteiger partial charge in [0.1, 0.15) is 17.2 Å². The van der Waals surface area contributed by atoms with Gasteiger partial charge in [-0.15, -0.1) is 0 Å². The van der Waals surface area contributed by atoms with Gasteiger partial charge in [0.05, 0.1) is 11.4 Å². The molecule has 4 aromatic carbocycles. The van der Waals surface area contributed by atoms with Gasteiger partial charge in [-0.1, -0.05) is 57.2 Å². The summed E-state index contributed by atoms with van der Waals surface area (Å²) < 4.78 is 27.2. The van der Waals surface area contributed by atoms with Gasteiger partial charge < -0.3 is 5.32 Å². The molecule has 0 fully saturated rings. The van der Waals surface area contributed by atoms with Crippen LogP contribution in [0.15, 0.2) is 89.9 Å². The quantitative estimate of drug-likeness (QED) is 0.358. The molecule has 0 unspecified atom stereocenters. The van der Waals surface area contributed by atoms with E-state index in [2.05, 4.69) is 56.4 Å². The Hall–Kier alpha value is -3.53. The largest absolute Gasteiger partial charge is 0.370 e. The number of benzene rings is 4. The van der Waals surface area contributed by atoms with Gasteiger partial charge in [-0.25, -0.2) is 13.8 Å². The topological polar surface area (TPSA) is 24.4 Å². The van der Waals surface area contributed by atoms with Crippen molar-refractivity contribution in [3.05, 3.63) is 108 Å². The van der Waals surface area contributed by atoms with E-state index in [9.17, 15) is 8.78 Å². The predicted molar refractivity (Wildman–Crippen MR) is 128 cm³/mol. The molecule has 0 radical (unpaired) electrons. The van der Waals surface area contributed by atoms with Crippen LogP contribution in [-0.4, -0.2) is 5.71 Å². The minimum absolute atomic E-state index is 0.280. The van der Waals surface area contributed by atoms with Crippen molar-refractivity contribution in [1.82, 2.24) is 0 Å².